The summed E-state index contributed by atoms with van der Waals surface area (Å²) in [5.41, 5.74) is 0. The summed E-state index contributed by atoms with van der Waals surface area (Å²) in [5.74, 6) is -0.375. The Morgan fingerprint density at radius 2 is 1.67 bits per heavy atom. The molecule has 21 heavy (non-hydrogen) atoms. The minimum Gasteiger partial charge on any atom is -0.463 e. The van der Waals surface area contributed by atoms with Crippen LogP contribution < -0.4 is 0 Å². The predicted octanol–water partition coefficient (Wildman–Crippen LogP) is 2.61. The van der Waals surface area contributed by atoms with E-state index < -0.39 is 32.9 Å². The van der Waals surface area contributed by atoms with Gasteiger partial charge in [-0.05, 0) is 51.7 Å². The molecule has 0 saturated carbocycles. The molecule has 0 aliphatic carbocycles. The van der Waals surface area contributed by atoms with Crippen LogP contribution in [0.15, 0.2) is 12.7 Å². The van der Waals surface area contributed by atoms with Crippen molar-refractivity contribution in [3.8, 4) is 0 Å². The molecule has 0 N–H and O–H groups in total. The Morgan fingerprint density at radius 1 is 1.14 bits per heavy atom. The minimum atomic E-state index is -1.70. The summed E-state index contributed by atoms with van der Waals surface area (Å²) in [6.07, 6.45) is 1.98. The molecule has 124 valence electrons. The van der Waals surface area contributed by atoms with Gasteiger partial charge < -0.3 is 18.0 Å². The molecule has 0 saturated heterocycles. The van der Waals surface area contributed by atoms with Gasteiger partial charge in [-0.25, -0.2) is 4.79 Å². The smallest absolute Gasteiger partial charge is 0.330 e. The average molecular weight is 351 g/mol. The number of esters is 1. The van der Waals surface area contributed by atoms with E-state index in [2.05, 4.69) is 45.9 Å². The van der Waals surface area contributed by atoms with E-state index in [0.29, 0.717) is 6.61 Å². The van der Waals surface area contributed by atoms with Crippen LogP contribution in [-0.4, -0.2) is 45.5 Å². The molecule has 0 radical (unpaired) electrons. The van der Waals surface area contributed by atoms with Gasteiger partial charge >= 0.3 is 5.97 Å². The van der Waals surface area contributed by atoms with Gasteiger partial charge in [0.05, 0.1) is 6.61 Å². The topological polar surface area (TPSA) is 54.0 Å². The number of ether oxygens (including phenoxy) is 1. The zero-order valence-electron chi connectivity index (χ0n) is 14.2. The SMILES string of the molecule is C=CC(=O)OCCC[SiH2]OC(O[Si](C)(C)C)O[Si](C)(C)C. The van der Waals surface area contributed by atoms with Crippen molar-refractivity contribution in [3.05, 3.63) is 12.7 Å². The van der Waals surface area contributed by atoms with Gasteiger partial charge in [0, 0.05) is 6.08 Å². The van der Waals surface area contributed by atoms with Crippen LogP contribution in [0.1, 0.15) is 6.42 Å². The van der Waals surface area contributed by atoms with E-state index >= 15 is 0 Å². The Hall–Kier alpha value is -0.259. The van der Waals surface area contributed by atoms with Crippen molar-refractivity contribution >= 4 is 32.4 Å². The lowest BCUT2D eigenvalue weighted by molar-refractivity contribution is -0.152. The van der Waals surface area contributed by atoms with Crippen LogP contribution in [0.5, 0.6) is 0 Å². The van der Waals surface area contributed by atoms with Crippen molar-refractivity contribution in [2.24, 2.45) is 0 Å². The van der Waals surface area contributed by atoms with Crippen LogP contribution >= 0.6 is 0 Å². The third-order valence-corrected chi connectivity index (χ3v) is 5.20. The fourth-order valence-electron chi connectivity index (χ4n) is 1.28. The molecule has 0 aliphatic rings. The lowest BCUT2D eigenvalue weighted by Gasteiger charge is -2.31. The van der Waals surface area contributed by atoms with E-state index in [1.165, 1.54) is 6.08 Å². The summed E-state index contributed by atoms with van der Waals surface area (Å²) in [7, 11) is -4.15. The van der Waals surface area contributed by atoms with Gasteiger partial charge in [-0.2, -0.15) is 0 Å². The summed E-state index contributed by atoms with van der Waals surface area (Å²) in [4.78, 5) is 10.9. The van der Waals surface area contributed by atoms with Crippen molar-refractivity contribution < 1.29 is 22.8 Å². The van der Waals surface area contributed by atoms with Crippen LogP contribution in [0.4, 0.5) is 0 Å². The predicted molar refractivity (Wildman–Crippen MR) is 92.9 cm³/mol. The largest absolute Gasteiger partial charge is 0.463 e. The number of hydrogen-bond donors (Lipinski definition) is 0. The first-order valence-electron chi connectivity index (χ1n) is 7.30. The third-order valence-electron chi connectivity index (χ3n) is 2.10. The highest BCUT2D eigenvalue weighted by Gasteiger charge is 2.27. The molecule has 0 bridgehead atoms. The second-order valence-corrected chi connectivity index (χ2v) is 17.1. The number of carbonyl (C=O) groups excluding carboxylic acids is 1. The molecule has 0 unspecified atom stereocenters. The standard InChI is InChI=1S/C13H30O5Si3/c1-8-12(14)15-10-9-11-19-16-13(17-20(2,3)4)18-21(5,6)7/h8,13H,1,9-11,19H2,2-7H3. The molecule has 0 aromatic heterocycles. The van der Waals surface area contributed by atoms with Crippen molar-refractivity contribution in [1.82, 2.24) is 0 Å². The summed E-state index contributed by atoms with van der Waals surface area (Å²) < 4.78 is 22.6. The number of carbonyl (C=O) groups is 1. The second kappa shape index (κ2) is 9.70. The summed E-state index contributed by atoms with van der Waals surface area (Å²) in [6, 6.07) is 0.922. The lowest BCUT2D eigenvalue weighted by atomic mass is 10.5. The maximum Gasteiger partial charge on any atom is 0.330 e. The minimum absolute atomic E-state index is 0.375. The van der Waals surface area contributed by atoms with E-state index in [4.69, 9.17) is 18.0 Å². The van der Waals surface area contributed by atoms with Crippen LogP contribution in [0.2, 0.25) is 45.3 Å². The Morgan fingerprint density at radius 3 is 2.10 bits per heavy atom. The van der Waals surface area contributed by atoms with Crippen LogP contribution in [0, 0.1) is 0 Å². The van der Waals surface area contributed by atoms with Gasteiger partial charge in [0.2, 0.25) is 6.48 Å². The highest BCUT2D eigenvalue weighted by molar-refractivity contribution is 6.70. The van der Waals surface area contributed by atoms with E-state index in [1.807, 2.05) is 0 Å². The molecule has 0 fully saturated rings. The first-order chi connectivity index (χ1) is 9.53. The molecular formula is C13H30O5Si3. The molecule has 0 spiro atoms. The third kappa shape index (κ3) is 14.4. The molecule has 0 aliphatic heterocycles. The van der Waals surface area contributed by atoms with Crippen molar-refractivity contribution in [3.63, 3.8) is 0 Å². The van der Waals surface area contributed by atoms with Gasteiger partial charge in [-0.15, -0.1) is 0 Å². The van der Waals surface area contributed by atoms with Gasteiger partial charge in [0.1, 0.15) is 0 Å². The maximum absolute atomic E-state index is 10.9. The Bertz CT molecular complexity index is 307. The fourth-order valence-corrected chi connectivity index (χ4v) is 3.94. The quantitative estimate of drug-likeness (QED) is 0.188. The molecule has 0 heterocycles. The lowest BCUT2D eigenvalue weighted by Crippen LogP contribution is -2.41. The molecule has 5 nitrogen and oxygen atoms in total. The first-order valence-corrected chi connectivity index (χ1v) is 15.7. The Balaban J connectivity index is 4.01. The van der Waals surface area contributed by atoms with Crippen molar-refractivity contribution in [1.29, 1.82) is 0 Å². The van der Waals surface area contributed by atoms with Crippen molar-refractivity contribution in [2.75, 3.05) is 6.61 Å². The second-order valence-electron chi connectivity index (χ2n) is 6.70. The highest BCUT2D eigenvalue weighted by atomic mass is 28.4. The average Bonchev–Trinajstić information content (AvgIpc) is 2.28. The number of hydrogen-bond acceptors (Lipinski definition) is 5. The van der Waals surface area contributed by atoms with Gasteiger partial charge in [-0.3, -0.25) is 0 Å². The summed E-state index contributed by atoms with van der Waals surface area (Å²) >= 11 is 0. The van der Waals surface area contributed by atoms with Gasteiger partial charge in [0.25, 0.3) is 0 Å². The normalized spacial score (nSPS) is 13.1. The monoisotopic (exact) mass is 350 g/mol. The van der Waals surface area contributed by atoms with Gasteiger partial charge in [-0.1, -0.05) is 6.58 Å². The van der Waals surface area contributed by atoms with Crippen LogP contribution in [-0.2, 0) is 22.8 Å². The molecule has 0 aromatic carbocycles. The fraction of sp³-hybridized carbons (Fsp3) is 0.769. The van der Waals surface area contributed by atoms with E-state index in [1.54, 1.807) is 0 Å². The van der Waals surface area contributed by atoms with E-state index in [-0.39, 0.29) is 5.97 Å². The first kappa shape index (κ1) is 20.7. The van der Waals surface area contributed by atoms with E-state index in [9.17, 15) is 4.79 Å². The summed E-state index contributed by atoms with van der Waals surface area (Å²) in [5, 5.41) is 0. The molecule has 0 aromatic rings. The Labute approximate surface area is 133 Å². The van der Waals surface area contributed by atoms with E-state index in [0.717, 1.165) is 12.5 Å². The molecular weight excluding hydrogens is 320 g/mol. The molecule has 0 rings (SSSR count). The van der Waals surface area contributed by atoms with Crippen LogP contribution in [0.25, 0.3) is 0 Å². The summed E-state index contributed by atoms with van der Waals surface area (Å²) in [6.45, 7) is 16.0. The van der Waals surface area contributed by atoms with Gasteiger partial charge in [0.15, 0.2) is 26.4 Å². The molecule has 8 heteroatoms. The molecule has 0 atom stereocenters. The Kier molecular flexibility index (Phi) is 9.58. The van der Waals surface area contributed by atoms with Crippen molar-refractivity contribution in [2.45, 2.75) is 58.2 Å². The van der Waals surface area contributed by atoms with Crippen LogP contribution in [0.3, 0.4) is 0 Å². The maximum atomic E-state index is 10.9. The zero-order chi connectivity index (χ0) is 16.5. The molecule has 0 amide bonds. The number of rotatable bonds is 11. The highest BCUT2D eigenvalue weighted by Crippen LogP contribution is 2.15. The zero-order valence-corrected chi connectivity index (χ0v) is 17.6.